The topological polar surface area (TPSA) is 3.24 Å². The SMILES string of the molecule is c1ccc(-c2c(-c3ccccc3)c3cc(-c4ccccc4N(c4cccc(-c5cccc6ccccc56)c4)c4cc5ccccc5c5ccccc45)ccc3c3ccccc23)cc1. The summed E-state index contributed by atoms with van der Waals surface area (Å²) in [5.74, 6) is 0. The molecule has 12 aromatic carbocycles. The van der Waals surface area contributed by atoms with Crippen LogP contribution in [0.3, 0.4) is 0 Å². The summed E-state index contributed by atoms with van der Waals surface area (Å²) in [6.07, 6.45) is 0. The van der Waals surface area contributed by atoms with Crippen molar-refractivity contribution < 1.29 is 0 Å². The summed E-state index contributed by atoms with van der Waals surface area (Å²) < 4.78 is 0. The fraction of sp³-hybridized carbons (Fsp3) is 0. The quantitative estimate of drug-likeness (QED) is 0.145. The van der Waals surface area contributed by atoms with Crippen LogP contribution in [0.5, 0.6) is 0 Å². The van der Waals surface area contributed by atoms with Crippen molar-refractivity contribution in [3.8, 4) is 44.5 Å². The Morgan fingerprint density at radius 1 is 0.222 bits per heavy atom. The number of fused-ring (bicyclic) bond motifs is 7. The first-order chi connectivity index (χ1) is 31.3. The normalized spacial score (nSPS) is 11.5. The first-order valence-corrected chi connectivity index (χ1v) is 21.8. The zero-order valence-corrected chi connectivity index (χ0v) is 34.6. The van der Waals surface area contributed by atoms with Gasteiger partial charge in [-0.3, -0.25) is 0 Å². The molecule has 0 aliphatic carbocycles. The van der Waals surface area contributed by atoms with Gasteiger partial charge < -0.3 is 4.90 Å². The standard InChI is InChI=1S/C62H41N/c1-3-20-43(21-4-1)61-57-34-14-12-32-54(57)55-38-37-47(40-58(55)62(61)44-22-5-2-6-23-44)52-30-15-16-36-59(52)63(60-41-46-24-8-10-29-51(46)53-31-11-13-33-56(53)60)48-27-17-26-45(39-48)50-35-18-25-42-19-7-9-28-49(42)50/h1-41H. The maximum atomic E-state index is 2.50. The lowest BCUT2D eigenvalue weighted by Crippen LogP contribution is -2.12. The van der Waals surface area contributed by atoms with Gasteiger partial charge in [0, 0.05) is 16.6 Å². The fourth-order valence-corrected chi connectivity index (χ4v) is 10.00. The molecule has 12 aromatic rings. The van der Waals surface area contributed by atoms with Crippen LogP contribution < -0.4 is 4.90 Å². The molecule has 0 atom stereocenters. The number of para-hydroxylation sites is 1. The van der Waals surface area contributed by atoms with E-state index in [1.807, 2.05) is 0 Å². The van der Waals surface area contributed by atoms with Crippen LogP contribution in [0, 0.1) is 0 Å². The van der Waals surface area contributed by atoms with Gasteiger partial charge in [0.15, 0.2) is 0 Å². The Kier molecular flexibility index (Phi) is 8.90. The van der Waals surface area contributed by atoms with Crippen molar-refractivity contribution in [1.82, 2.24) is 0 Å². The molecule has 294 valence electrons. The third-order valence-corrected chi connectivity index (χ3v) is 12.8. The molecule has 1 heteroatoms. The van der Waals surface area contributed by atoms with Gasteiger partial charge in [0.1, 0.15) is 0 Å². The molecular weight excluding hydrogens is 759 g/mol. The second-order valence-corrected chi connectivity index (χ2v) is 16.4. The highest BCUT2D eigenvalue weighted by Gasteiger charge is 2.23. The molecule has 1 nitrogen and oxygen atoms in total. The molecule has 0 fully saturated rings. The van der Waals surface area contributed by atoms with Crippen LogP contribution in [-0.4, -0.2) is 0 Å². The highest BCUT2D eigenvalue weighted by atomic mass is 15.1. The Balaban J connectivity index is 1.15. The molecule has 0 heterocycles. The molecule has 0 amide bonds. The van der Waals surface area contributed by atoms with Gasteiger partial charge in [-0.2, -0.15) is 0 Å². The van der Waals surface area contributed by atoms with Gasteiger partial charge in [-0.1, -0.05) is 218 Å². The number of hydrogen-bond acceptors (Lipinski definition) is 1. The summed E-state index contributed by atoms with van der Waals surface area (Å²) in [4.78, 5) is 2.50. The molecule has 0 saturated heterocycles. The lowest BCUT2D eigenvalue weighted by molar-refractivity contribution is 1.30. The number of hydrogen-bond donors (Lipinski definition) is 0. The average Bonchev–Trinajstić information content (AvgIpc) is 3.36. The summed E-state index contributed by atoms with van der Waals surface area (Å²) in [7, 11) is 0. The van der Waals surface area contributed by atoms with Gasteiger partial charge in [0.05, 0.1) is 11.4 Å². The molecule has 0 bridgehead atoms. The molecule has 0 N–H and O–H groups in total. The summed E-state index contributed by atoms with van der Waals surface area (Å²) >= 11 is 0. The molecule has 63 heavy (non-hydrogen) atoms. The Hall–Kier alpha value is -8.26. The van der Waals surface area contributed by atoms with Crippen molar-refractivity contribution in [2.45, 2.75) is 0 Å². The van der Waals surface area contributed by atoms with E-state index in [0.29, 0.717) is 0 Å². The zero-order chi connectivity index (χ0) is 41.7. The summed E-state index contributed by atoms with van der Waals surface area (Å²) in [5, 5.41) is 12.3. The van der Waals surface area contributed by atoms with Gasteiger partial charge in [0.25, 0.3) is 0 Å². The van der Waals surface area contributed by atoms with E-state index in [1.54, 1.807) is 0 Å². The third-order valence-electron chi connectivity index (χ3n) is 12.8. The Labute approximate surface area is 367 Å². The van der Waals surface area contributed by atoms with E-state index < -0.39 is 0 Å². The first kappa shape index (κ1) is 36.6. The largest absolute Gasteiger partial charge is 0.309 e. The van der Waals surface area contributed by atoms with Crippen molar-refractivity contribution >= 4 is 70.9 Å². The second-order valence-electron chi connectivity index (χ2n) is 16.4. The lowest BCUT2D eigenvalue weighted by atomic mass is 9.84. The third kappa shape index (κ3) is 6.25. The fourth-order valence-electron chi connectivity index (χ4n) is 10.00. The molecule has 12 rings (SSSR count). The van der Waals surface area contributed by atoms with Gasteiger partial charge in [-0.05, 0) is 118 Å². The molecule has 0 aliphatic rings. The summed E-state index contributed by atoms with van der Waals surface area (Å²) in [5.41, 5.74) is 13.0. The van der Waals surface area contributed by atoms with E-state index in [4.69, 9.17) is 0 Å². The van der Waals surface area contributed by atoms with Crippen LogP contribution in [0.15, 0.2) is 249 Å². The molecule has 0 aliphatic heterocycles. The molecule has 0 unspecified atom stereocenters. The summed E-state index contributed by atoms with van der Waals surface area (Å²) in [6, 6.07) is 91.2. The maximum absolute atomic E-state index is 2.50. The van der Waals surface area contributed by atoms with Crippen LogP contribution in [0.1, 0.15) is 0 Å². The van der Waals surface area contributed by atoms with Crippen molar-refractivity contribution in [2.75, 3.05) is 4.90 Å². The Morgan fingerprint density at radius 2 is 0.714 bits per heavy atom. The van der Waals surface area contributed by atoms with E-state index >= 15 is 0 Å². The van der Waals surface area contributed by atoms with E-state index in [-0.39, 0.29) is 0 Å². The Morgan fingerprint density at radius 3 is 1.48 bits per heavy atom. The summed E-state index contributed by atoms with van der Waals surface area (Å²) in [6.45, 7) is 0. The maximum Gasteiger partial charge on any atom is 0.0546 e. The van der Waals surface area contributed by atoms with Crippen LogP contribution in [0.2, 0.25) is 0 Å². The lowest BCUT2D eigenvalue weighted by Gasteiger charge is -2.30. The molecule has 0 saturated carbocycles. The number of benzene rings is 12. The highest BCUT2D eigenvalue weighted by molar-refractivity contribution is 6.22. The highest BCUT2D eigenvalue weighted by Crippen LogP contribution is 2.49. The molecule has 0 aromatic heterocycles. The number of nitrogens with zero attached hydrogens (tertiary/aromatic N) is 1. The van der Waals surface area contributed by atoms with Crippen LogP contribution >= 0.6 is 0 Å². The van der Waals surface area contributed by atoms with E-state index in [9.17, 15) is 0 Å². The predicted molar refractivity (Wildman–Crippen MR) is 270 cm³/mol. The van der Waals surface area contributed by atoms with Gasteiger partial charge in [-0.15, -0.1) is 0 Å². The number of anilines is 3. The smallest absolute Gasteiger partial charge is 0.0546 e. The van der Waals surface area contributed by atoms with Gasteiger partial charge in [-0.25, -0.2) is 0 Å². The average molecular weight is 800 g/mol. The van der Waals surface area contributed by atoms with Crippen molar-refractivity contribution in [2.24, 2.45) is 0 Å². The van der Waals surface area contributed by atoms with Crippen molar-refractivity contribution in [3.05, 3.63) is 249 Å². The minimum absolute atomic E-state index is 1.09. The van der Waals surface area contributed by atoms with E-state index in [2.05, 4.69) is 254 Å². The van der Waals surface area contributed by atoms with E-state index in [1.165, 1.54) is 87.2 Å². The molecular formula is C62H41N. The molecule has 0 radical (unpaired) electrons. The Bertz CT molecular complexity index is 3670. The first-order valence-electron chi connectivity index (χ1n) is 21.8. The monoisotopic (exact) mass is 799 g/mol. The van der Waals surface area contributed by atoms with Gasteiger partial charge >= 0.3 is 0 Å². The minimum Gasteiger partial charge on any atom is -0.309 e. The second kappa shape index (κ2) is 15.3. The van der Waals surface area contributed by atoms with E-state index in [0.717, 1.165) is 28.2 Å². The molecule has 0 spiro atoms. The van der Waals surface area contributed by atoms with Crippen LogP contribution in [0.4, 0.5) is 17.1 Å². The van der Waals surface area contributed by atoms with Crippen LogP contribution in [-0.2, 0) is 0 Å². The predicted octanol–water partition coefficient (Wildman–Crippen LogP) is 17.6. The minimum atomic E-state index is 1.09. The zero-order valence-electron chi connectivity index (χ0n) is 34.6. The number of rotatable bonds is 7. The van der Waals surface area contributed by atoms with Crippen LogP contribution in [0.25, 0.3) is 98.4 Å². The van der Waals surface area contributed by atoms with Crippen molar-refractivity contribution in [1.29, 1.82) is 0 Å². The van der Waals surface area contributed by atoms with Gasteiger partial charge in [0.2, 0.25) is 0 Å². The van der Waals surface area contributed by atoms with Crippen molar-refractivity contribution in [3.63, 3.8) is 0 Å².